The molecule has 0 aliphatic heterocycles. The summed E-state index contributed by atoms with van der Waals surface area (Å²) in [6.07, 6.45) is 0.549. The van der Waals surface area contributed by atoms with Crippen molar-refractivity contribution in [2.75, 3.05) is 0 Å². The van der Waals surface area contributed by atoms with Gasteiger partial charge in [-0.2, -0.15) is 0 Å². The van der Waals surface area contributed by atoms with E-state index >= 15 is 0 Å². The minimum absolute atomic E-state index is 0.0695. The van der Waals surface area contributed by atoms with E-state index < -0.39 is 5.82 Å². The number of hydrogen-bond donors (Lipinski definition) is 2. The quantitative estimate of drug-likeness (QED) is 0.882. The Morgan fingerprint density at radius 3 is 2.70 bits per heavy atom. The van der Waals surface area contributed by atoms with Crippen molar-refractivity contribution < 1.29 is 14.2 Å². The normalized spacial score (nSPS) is 12.2. The Labute approximate surface area is 117 Å². The topological polar surface area (TPSA) is 55.5 Å². The van der Waals surface area contributed by atoms with Crippen molar-refractivity contribution in [1.82, 2.24) is 0 Å². The molecular formula is C16H18FNO2. The molecule has 0 saturated carbocycles. The van der Waals surface area contributed by atoms with Crippen molar-refractivity contribution in [3.8, 4) is 11.5 Å². The van der Waals surface area contributed by atoms with Crippen molar-refractivity contribution in [2.45, 2.75) is 26.0 Å². The number of para-hydroxylation sites is 1. The fourth-order valence-electron chi connectivity index (χ4n) is 2.02. The summed E-state index contributed by atoms with van der Waals surface area (Å²) in [5.41, 5.74) is 7.29. The van der Waals surface area contributed by atoms with E-state index in [1.165, 1.54) is 6.07 Å². The van der Waals surface area contributed by atoms with Gasteiger partial charge in [0.1, 0.15) is 12.4 Å². The monoisotopic (exact) mass is 275 g/mol. The second-order valence-electron chi connectivity index (χ2n) is 4.87. The van der Waals surface area contributed by atoms with E-state index in [0.29, 0.717) is 6.42 Å². The number of hydrogen-bond acceptors (Lipinski definition) is 3. The van der Waals surface area contributed by atoms with E-state index in [9.17, 15) is 9.50 Å². The lowest BCUT2D eigenvalue weighted by Crippen LogP contribution is -2.18. The second kappa shape index (κ2) is 6.39. The molecule has 4 heteroatoms. The van der Waals surface area contributed by atoms with Gasteiger partial charge in [-0.1, -0.05) is 24.3 Å². The number of phenolic OH excluding ortho intramolecular Hbond substituents is 1. The summed E-state index contributed by atoms with van der Waals surface area (Å²) in [5, 5.41) is 9.39. The highest BCUT2D eigenvalue weighted by molar-refractivity contribution is 5.36. The summed E-state index contributed by atoms with van der Waals surface area (Å²) in [6.45, 7) is 2.06. The summed E-state index contributed by atoms with van der Waals surface area (Å²) >= 11 is 0. The SMILES string of the molecule is CC(N)Cc1cccc(F)c1OCc1cccc(O)c1. The molecular weight excluding hydrogens is 257 g/mol. The molecule has 0 heterocycles. The second-order valence-corrected chi connectivity index (χ2v) is 4.87. The van der Waals surface area contributed by atoms with Crippen LogP contribution in [0.15, 0.2) is 42.5 Å². The molecule has 0 aromatic heterocycles. The summed E-state index contributed by atoms with van der Waals surface area (Å²) < 4.78 is 19.4. The lowest BCUT2D eigenvalue weighted by Gasteiger charge is -2.14. The maximum Gasteiger partial charge on any atom is 0.165 e. The first-order valence-corrected chi connectivity index (χ1v) is 6.50. The highest BCUT2D eigenvalue weighted by Crippen LogP contribution is 2.25. The van der Waals surface area contributed by atoms with E-state index in [1.54, 1.807) is 24.3 Å². The molecule has 0 aliphatic carbocycles. The standard InChI is InChI=1S/C16H18FNO2/c1-11(18)8-13-5-3-7-15(17)16(13)20-10-12-4-2-6-14(19)9-12/h2-7,9,11,19H,8,10,18H2,1H3. The molecule has 0 saturated heterocycles. The van der Waals surface area contributed by atoms with Crippen molar-refractivity contribution in [2.24, 2.45) is 5.73 Å². The Morgan fingerprint density at radius 2 is 2.00 bits per heavy atom. The van der Waals surface area contributed by atoms with Gasteiger partial charge in [0.2, 0.25) is 0 Å². The van der Waals surface area contributed by atoms with E-state index in [4.69, 9.17) is 10.5 Å². The van der Waals surface area contributed by atoms with Gasteiger partial charge in [0, 0.05) is 6.04 Å². The molecule has 2 aromatic carbocycles. The molecule has 20 heavy (non-hydrogen) atoms. The highest BCUT2D eigenvalue weighted by Gasteiger charge is 2.11. The van der Waals surface area contributed by atoms with Gasteiger partial charge in [-0.3, -0.25) is 0 Å². The van der Waals surface area contributed by atoms with Crippen LogP contribution in [0.4, 0.5) is 4.39 Å². The van der Waals surface area contributed by atoms with Crippen LogP contribution in [0, 0.1) is 5.82 Å². The molecule has 106 valence electrons. The largest absolute Gasteiger partial charge is 0.508 e. The Kier molecular flexibility index (Phi) is 4.58. The van der Waals surface area contributed by atoms with Crippen LogP contribution in [0.2, 0.25) is 0 Å². The zero-order chi connectivity index (χ0) is 14.5. The minimum atomic E-state index is -0.400. The highest BCUT2D eigenvalue weighted by atomic mass is 19.1. The van der Waals surface area contributed by atoms with Gasteiger partial charge in [0.25, 0.3) is 0 Å². The third kappa shape index (κ3) is 3.71. The predicted molar refractivity (Wildman–Crippen MR) is 76.2 cm³/mol. The average molecular weight is 275 g/mol. The van der Waals surface area contributed by atoms with Gasteiger partial charge in [-0.15, -0.1) is 0 Å². The van der Waals surface area contributed by atoms with Crippen molar-refractivity contribution in [1.29, 1.82) is 0 Å². The summed E-state index contributed by atoms with van der Waals surface area (Å²) in [7, 11) is 0. The molecule has 0 aliphatic rings. The van der Waals surface area contributed by atoms with Crippen LogP contribution in [0.5, 0.6) is 11.5 Å². The van der Waals surface area contributed by atoms with Gasteiger partial charge < -0.3 is 15.6 Å². The molecule has 1 unspecified atom stereocenters. The molecule has 3 N–H and O–H groups in total. The molecule has 0 radical (unpaired) electrons. The Balaban J connectivity index is 2.16. The van der Waals surface area contributed by atoms with Crippen molar-refractivity contribution in [3.05, 3.63) is 59.4 Å². The van der Waals surface area contributed by atoms with Gasteiger partial charge in [-0.25, -0.2) is 4.39 Å². The number of aromatic hydroxyl groups is 1. The lowest BCUT2D eigenvalue weighted by molar-refractivity contribution is 0.286. The molecule has 0 bridgehead atoms. The van der Waals surface area contributed by atoms with Crippen molar-refractivity contribution in [3.63, 3.8) is 0 Å². The molecule has 0 spiro atoms. The summed E-state index contributed by atoms with van der Waals surface area (Å²) in [6, 6.07) is 11.4. The first-order valence-electron chi connectivity index (χ1n) is 6.50. The van der Waals surface area contributed by atoms with Crippen LogP contribution in [0.1, 0.15) is 18.1 Å². The van der Waals surface area contributed by atoms with Gasteiger partial charge in [-0.05, 0) is 42.7 Å². The summed E-state index contributed by atoms with van der Waals surface area (Å²) in [5.74, 6) is -0.00752. The number of phenols is 1. The first-order chi connectivity index (χ1) is 9.56. The fraction of sp³-hybridized carbons (Fsp3) is 0.250. The lowest BCUT2D eigenvalue weighted by atomic mass is 10.1. The van der Waals surface area contributed by atoms with Crippen LogP contribution >= 0.6 is 0 Å². The van der Waals surface area contributed by atoms with E-state index in [0.717, 1.165) is 11.1 Å². The predicted octanol–water partition coefficient (Wildman–Crippen LogP) is 3.00. The van der Waals surface area contributed by atoms with Crippen LogP contribution in [0.3, 0.4) is 0 Å². The Bertz CT molecular complexity index is 584. The number of rotatable bonds is 5. The smallest absolute Gasteiger partial charge is 0.165 e. The zero-order valence-electron chi connectivity index (χ0n) is 11.3. The number of halogens is 1. The number of ether oxygens (including phenoxy) is 1. The van der Waals surface area contributed by atoms with Crippen LogP contribution in [-0.2, 0) is 13.0 Å². The minimum Gasteiger partial charge on any atom is -0.508 e. The van der Waals surface area contributed by atoms with Crippen LogP contribution in [0.25, 0.3) is 0 Å². The Hall–Kier alpha value is -2.07. The number of nitrogens with two attached hydrogens (primary N) is 1. The first kappa shape index (κ1) is 14.3. The maximum atomic E-state index is 13.9. The molecule has 3 nitrogen and oxygen atoms in total. The summed E-state index contributed by atoms with van der Waals surface area (Å²) in [4.78, 5) is 0. The average Bonchev–Trinajstić information content (AvgIpc) is 2.37. The molecule has 1 atom stereocenters. The van der Waals surface area contributed by atoms with Crippen LogP contribution in [-0.4, -0.2) is 11.1 Å². The van der Waals surface area contributed by atoms with E-state index in [-0.39, 0.29) is 24.1 Å². The molecule has 2 rings (SSSR count). The molecule has 0 amide bonds. The van der Waals surface area contributed by atoms with Crippen LogP contribution < -0.4 is 10.5 Å². The molecule has 0 fully saturated rings. The Morgan fingerprint density at radius 1 is 1.25 bits per heavy atom. The van der Waals surface area contributed by atoms with E-state index in [1.807, 2.05) is 19.1 Å². The third-order valence-electron chi connectivity index (χ3n) is 2.88. The molecule has 2 aromatic rings. The zero-order valence-corrected chi connectivity index (χ0v) is 11.3. The van der Waals surface area contributed by atoms with Gasteiger partial charge in [0.05, 0.1) is 0 Å². The number of benzene rings is 2. The fourth-order valence-corrected chi connectivity index (χ4v) is 2.02. The maximum absolute atomic E-state index is 13.9. The van der Waals surface area contributed by atoms with Gasteiger partial charge in [0.15, 0.2) is 11.6 Å². The van der Waals surface area contributed by atoms with E-state index in [2.05, 4.69) is 0 Å². The van der Waals surface area contributed by atoms with Crippen molar-refractivity contribution >= 4 is 0 Å². The van der Waals surface area contributed by atoms with Gasteiger partial charge >= 0.3 is 0 Å². The third-order valence-corrected chi connectivity index (χ3v) is 2.88.